The van der Waals surface area contributed by atoms with Crippen molar-refractivity contribution < 1.29 is 9.53 Å². The predicted molar refractivity (Wildman–Crippen MR) is 53.9 cm³/mol. The zero-order valence-electron chi connectivity index (χ0n) is 7.26. The summed E-state index contributed by atoms with van der Waals surface area (Å²) >= 11 is 2.27. The van der Waals surface area contributed by atoms with Gasteiger partial charge in [0, 0.05) is 3.92 Å². The van der Waals surface area contributed by atoms with Crippen LogP contribution in [0.4, 0.5) is 0 Å². The quantitative estimate of drug-likeness (QED) is 0.446. The molecule has 0 aromatic carbocycles. The van der Waals surface area contributed by atoms with Gasteiger partial charge in [0.1, 0.15) is 0 Å². The van der Waals surface area contributed by atoms with Crippen LogP contribution in [0.15, 0.2) is 0 Å². The van der Waals surface area contributed by atoms with Crippen molar-refractivity contribution in [1.29, 1.82) is 0 Å². The van der Waals surface area contributed by atoms with Gasteiger partial charge < -0.3 is 4.74 Å². The number of carbonyl (C=O) groups is 1. The Morgan fingerprint density at radius 3 is 2.45 bits per heavy atom. The molecule has 0 saturated heterocycles. The molecule has 1 atom stereocenters. The molecular formula is C8H15IO2. The van der Waals surface area contributed by atoms with Crippen molar-refractivity contribution in [3.63, 3.8) is 0 Å². The lowest BCUT2D eigenvalue weighted by atomic mass is 10.2. The van der Waals surface area contributed by atoms with Crippen LogP contribution in [0.5, 0.6) is 0 Å². The lowest BCUT2D eigenvalue weighted by molar-refractivity contribution is -0.147. The molecule has 0 N–H and O–H groups in total. The minimum atomic E-state index is -0.0822. The number of alkyl halides is 1. The zero-order valence-corrected chi connectivity index (χ0v) is 9.42. The summed E-state index contributed by atoms with van der Waals surface area (Å²) in [6.45, 7) is 5.80. The Morgan fingerprint density at radius 1 is 1.55 bits per heavy atom. The molecule has 0 aliphatic rings. The van der Waals surface area contributed by atoms with Crippen LogP contribution >= 0.6 is 22.6 Å². The van der Waals surface area contributed by atoms with Crippen molar-refractivity contribution in [2.24, 2.45) is 0 Å². The number of hydrogen-bond donors (Lipinski definition) is 0. The molecule has 66 valence electrons. The van der Waals surface area contributed by atoms with Crippen LogP contribution in [-0.4, -0.2) is 16.0 Å². The van der Waals surface area contributed by atoms with E-state index in [-0.39, 0.29) is 12.1 Å². The topological polar surface area (TPSA) is 26.3 Å². The van der Waals surface area contributed by atoms with Crippen molar-refractivity contribution in [3.05, 3.63) is 0 Å². The van der Waals surface area contributed by atoms with Gasteiger partial charge in [0.15, 0.2) is 0 Å². The Kier molecular flexibility index (Phi) is 5.91. The van der Waals surface area contributed by atoms with Crippen molar-refractivity contribution in [2.45, 2.75) is 43.6 Å². The number of esters is 1. The number of halogens is 1. The Hall–Kier alpha value is 0.200. The van der Waals surface area contributed by atoms with E-state index in [0.29, 0.717) is 10.3 Å². The van der Waals surface area contributed by atoms with Gasteiger partial charge in [0.05, 0.1) is 12.5 Å². The van der Waals surface area contributed by atoms with Gasteiger partial charge in [-0.05, 0) is 20.3 Å². The van der Waals surface area contributed by atoms with Gasteiger partial charge in [-0.25, -0.2) is 0 Å². The van der Waals surface area contributed by atoms with Crippen LogP contribution in [0.25, 0.3) is 0 Å². The fourth-order valence-electron chi connectivity index (χ4n) is 0.636. The molecule has 0 fully saturated rings. The number of hydrogen-bond acceptors (Lipinski definition) is 2. The summed E-state index contributed by atoms with van der Waals surface area (Å²) in [5, 5.41) is 0. The average Bonchev–Trinajstić information content (AvgIpc) is 1.85. The van der Waals surface area contributed by atoms with Gasteiger partial charge in [-0.15, -0.1) is 0 Å². The molecule has 0 aliphatic carbocycles. The van der Waals surface area contributed by atoms with Crippen molar-refractivity contribution in [1.82, 2.24) is 0 Å². The van der Waals surface area contributed by atoms with E-state index in [9.17, 15) is 4.79 Å². The van der Waals surface area contributed by atoms with Crippen LogP contribution < -0.4 is 0 Å². The van der Waals surface area contributed by atoms with Gasteiger partial charge in [-0.2, -0.15) is 0 Å². The van der Waals surface area contributed by atoms with Crippen molar-refractivity contribution >= 4 is 28.6 Å². The monoisotopic (exact) mass is 270 g/mol. The lowest BCUT2D eigenvalue weighted by Gasteiger charge is -2.09. The smallest absolute Gasteiger partial charge is 0.307 e. The molecule has 11 heavy (non-hydrogen) atoms. The summed E-state index contributed by atoms with van der Waals surface area (Å²) in [6, 6.07) is 0. The van der Waals surface area contributed by atoms with E-state index in [1.54, 1.807) is 0 Å². The maximum Gasteiger partial charge on any atom is 0.307 e. The number of carbonyl (C=O) groups excluding carboxylic acids is 1. The molecule has 0 aromatic rings. The number of ether oxygens (including phenoxy) is 1. The zero-order chi connectivity index (χ0) is 8.85. The van der Waals surface area contributed by atoms with Crippen LogP contribution in [0.1, 0.15) is 33.6 Å². The largest absolute Gasteiger partial charge is 0.463 e. The third kappa shape index (κ3) is 6.59. The molecule has 2 nitrogen and oxygen atoms in total. The van der Waals surface area contributed by atoms with Crippen molar-refractivity contribution in [2.75, 3.05) is 0 Å². The predicted octanol–water partition coefficient (Wildman–Crippen LogP) is 2.54. The molecule has 0 spiro atoms. The van der Waals surface area contributed by atoms with Crippen LogP contribution in [0.3, 0.4) is 0 Å². The Balaban J connectivity index is 3.52. The summed E-state index contributed by atoms with van der Waals surface area (Å²) in [5.41, 5.74) is 0. The fraction of sp³-hybridized carbons (Fsp3) is 0.875. The summed E-state index contributed by atoms with van der Waals surface area (Å²) in [6.07, 6.45) is 1.58. The van der Waals surface area contributed by atoms with Gasteiger partial charge in [-0.1, -0.05) is 29.5 Å². The molecule has 0 aliphatic heterocycles. The molecule has 0 aromatic heterocycles. The van der Waals surface area contributed by atoms with Crippen LogP contribution in [0, 0.1) is 0 Å². The highest BCUT2D eigenvalue weighted by Gasteiger charge is 2.10. The lowest BCUT2D eigenvalue weighted by Crippen LogP contribution is -2.14. The average molecular weight is 270 g/mol. The summed E-state index contributed by atoms with van der Waals surface area (Å²) in [5.74, 6) is -0.0822. The Bertz CT molecular complexity index is 123. The van der Waals surface area contributed by atoms with Crippen LogP contribution in [-0.2, 0) is 9.53 Å². The first-order chi connectivity index (χ1) is 5.06. The maximum atomic E-state index is 11.0. The maximum absolute atomic E-state index is 11.0. The molecule has 0 saturated carbocycles. The van der Waals surface area contributed by atoms with E-state index in [1.807, 2.05) is 13.8 Å². The van der Waals surface area contributed by atoms with Gasteiger partial charge >= 0.3 is 5.97 Å². The van der Waals surface area contributed by atoms with Gasteiger partial charge in [-0.3, -0.25) is 4.79 Å². The molecule has 0 radical (unpaired) electrons. The molecule has 0 rings (SSSR count). The minimum absolute atomic E-state index is 0.0166. The molecule has 3 heteroatoms. The second-order valence-corrected chi connectivity index (χ2v) is 4.51. The molecule has 1 unspecified atom stereocenters. The summed E-state index contributed by atoms with van der Waals surface area (Å²) < 4.78 is 5.39. The van der Waals surface area contributed by atoms with E-state index in [1.165, 1.54) is 0 Å². The fourth-order valence-corrected chi connectivity index (χ4v) is 0.996. The first kappa shape index (κ1) is 11.2. The molecular weight excluding hydrogens is 255 g/mol. The van der Waals surface area contributed by atoms with Crippen LogP contribution in [0.2, 0.25) is 0 Å². The SMILES string of the molecule is CCC(I)CC(=O)OC(C)C. The molecule has 0 heterocycles. The van der Waals surface area contributed by atoms with Gasteiger partial charge in [0.2, 0.25) is 0 Å². The second-order valence-electron chi connectivity index (χ2n) is 2.75. The first-order valence-corrected chi connectivity index (χ1v) is 5.14. The van der Waals surface area contributed by atoms with E-state index >= 15 is 0 Å². The highest BCUT2D eigenvalue weighted by molar-refractivity contribution is 14.1. The Morgan fingerprint density at radius 2 is 2.09 bits per heavy atom. The molecule has 0 bridgehead atoms. The first-order valence-electron chi connectivity index (χ1n) is 3.89. The highest BCUT2D eigenvalue weighted by Crippen LogP contribution is 2.11. The standard InChI is InChI=1S/C8H15IO2/c1-4-7(9)5-8(10)11-6(2)3/h6-7H,4-5H2,1-3H3. The molecule has 0 amide bonds. The third-order valence-corrected chi connectivity index (χ3v) is 2.52. The Labute approximate surface area is 81.8 Å². The minimum Gasteiger partial charge on any atom is -0.463 e. The third-order valence-electron chi connectivity index (χ3n) is 1.20. The van der Waals surface area contributed by atoms with E-state index in [4.69, 9.17) is 4.74 Å². The van der Waals surface area contributed by atoms with Crippen molar-refractivity contribution in [3.8, 4) is 0 Å². The number of rotatable bonds is 4. The van der Waals surface area contributed by atoms with Gasteiger partial charge in [0.25, 0.3) is 0 Å². The van der Waals surface area contributed by atoms with E-state index in [0.717, 1.165) is 6.42 Å². The summed E-state index contributed by atoms with van der Waals surface area (Å²) in [7, 11) is 0. The summed E-state index contributed by atoms with van der Waals surface area (Å²) in [4.78, 5) is 11.0. The second kappa shape index (κ2) is 5.80. The highest BCUT2D eigenvalue weighted by atomic mass is 127. The normalized spacial score (nSPS) is 13.2. The van der Waals surface area contributed by atoms with E-state index < -0.39 is 0 Å². The van der Waals surface area contributed by atoms with E-state index in [2.05, 4.69) is 29.5 Å².